The lowest BCUT2D eigenvalue weighted by Crippen LogP contribution is -2.20. The minimum absolute atomic E-state index is 0.105. The van der Waals surface area contributed by atoms with E-state index >= 15 is 0 Å². The van der Waals surface area contributed by atoms with Crippen LogP contribution in [0.1, 0.15) is 67.1 Å². The number of anilines is 1. The van der Waals surface area contributed by atoms with Crippen molar-refractivity contribution in [3.63, 3.8) is 0 Å². The number of hydrogen-bond donors (Lipinski definition) is 1. The number of carbonyl (C=O) groups is 1. The lowest BCUT2D eigenvalue weighted by Gasteiger charge is -2.17. The molecule has 0 spiro atoms. The zero-order chi connectivity index (χ0) is 20.2. The number of benzene rings is 1. The predicted molar refractivity (Wildman–Crippen MR) is 95.1 cm³/mol. The Morgan fingerprint density at radius 1 is 1.26 bits per heavy atom. The third kappa shape index (κ3) is 4.87. The maximum absolute atomic E-state index is 14.1. The molecule has 0 aliphatic carbocycles. The van der Waals surface area contributed by atoms with Crippen molar-refractivity contribution in [2.75, 3.05) is 5.32 Å². The molecule has 1 unspecified atom stereocenters. The van der Waals surface area contributed by atoms with Gasteiger partial charge in [-0.3, -0.25) is 4.79 Å². The Balaban J connectivity index is 2.30. The van der Waals surface area contributed by atoms with Crippen molar-refractivity contribution < 1.29 is 22.4 Å². The van der Waals surface area contributed by atoms with E-state index in [2.05, 4.69) is 17.3 Å². The van der Waals surface area contributed by atoms with Crippen molar-refractivity contribution >= 4 is 11.6 Å². The second kappa shape index (κ2) is 8.54. The van der Waals surface area contributed by atoms with E-state index in [1.807, 2.05) is 13.0 Å². The van der Waals surface area contributed by atoms with E-state index in [0.29, 0.717) is 10.4 Å². The molecule has 4 nitrogen and oxygen atoms in total. The summed E-state index contributed by atoms with van der Waals surface area (Å²) in [5, 5.41) is 5.54. The molecule has 0 bridgehead atoms. The van der Waals surface area contributed by atoms with Crippen LogP contribution in [0.2, 0.25) is 0 Å². The third-order valence-electron chi connectivity index (χ3n) is 4.45. The van der Waals surface area contributed by atoms with Crippen molar-refractivity contribution in [3.8, 4) is 0 Å². The molecular formula is C19H23F4N3O. The second-order valence-electron chi connectivity index (χ2n) is 6.57. The summed E-state index contributed by atoms with van der Waals surface area (Å²) in [5.41, 5.74) is -1.45. The number of halogens is 4. The Bertz CT molecular complexity index is 799. The number of alkyl halides is 3. The minimum Gasteiger partial charge on any atom is -0.322 e. The fourth-order valence-electron chi connectivity index (χ4n) is 2.98. The highest BCUT2D eigenvalue weighted by molar-refractivity contribution is 6.05. The summed E-state index contributed by atoms with van der Waals surface area (Å²) < 4.78 is 53.8. The Morgan fingerprint density at radius 2 is 1.93 bits per heavy atom. The molecule has 0 radical (unpaired) electrons. The van der Waals surface area contributed by atoms with Crippen LogP contribution in [0.5, 0.6) is 0 Å². The number of aryl methyl sites for hydroxylation is 1. The van der Waals surface area contributed by atoms with E-state index in [1.54, 1.807) is 18.2 Å². The highest BCUT2D eigenvalue weighted by Gasteiger charge is 2.41. The SMILES string of the molecule is CCCCCC(C)c1ccccc1NC(=O)c1c(C(F)(F)F)nn(C)c1F. The smallest absolute Gasteiger partial charge is 0.322 e. The van der Waals surface area contributed by atoms with Crippen LogP contribution in [0.3, 0.4) is 0 Å². The van der Waals surface area contributed by atoms with Crippen molar-refractivity contribution in [1.29, 1.82) is 0 Å². The Labute approximate surface area is 155 Å². The number of aromatic nitrogens is 2. The van der Waals surface area contributed by atoms with Gasteiger partial charge in [-0.15, -0.1) is 0 Å². The van der Waals surface area contributed by atoms with E-state index < -0.39 is 29.3 Å². The standard InChI is InChI=1S/C19H23F4N3O/c1-4-5-6-9-12(2)13-10-7-8-11-14(13)24-18(27)15-16(19(21,22)23)25-26(3)17(15)20/h7-8,10-12H,4-6,9H2,1-3H3,(H,24,27). The largest absolute Gasteiger partial charge is 0.436 e. The molecule has 0 aliphatic heterocycles. The van der Waals surface area contributed by atoms with E-state index in [0.717, 1.165) is 38.3 Å². The number of amides is 1. The van der Waals surface area contributed by atoms with Gasteiger partial charge in [-0.2, -0.15) is 22.7 Å². The van der Waals surface area contributed by atoms with Crippen LogP contribution < -0.4 is 5.32 Å². The van der Waals surface area contributed by atoms with Gasteiger partial charge in [0.1, 0.15) is 5.56 Å². The molecule has 0 saturated carbocycles. The molecule has 1 atom stereocenters. The topological polar surface area (TPSA) is 46.9 Å². The lowest BCUT2D eigenvalue weighted by atomic mass is 9.93. The monoisotopic (exact) mass is 385 g/mol. The van der Waals surface area contributed by atoms with E-state index in [9.17, 15) is 22.4 Å². The molecule has 27 heavy (non-hydrogen) atoms. The third-order valence-corrected chi connectivity index (χ3v) is 4.45. The molecule has 1 heterocycles. The van der Waals surface area contributed by atoms with Crippen LogP contribution in [0.25, 0.3) is 0 Å². The molecule has 1 N–H and O–H groups in total. The molecule has 0 saturated heterocycles. The highest BCUT2D eigenvalue weighted by Crippen LogP contribution is 2.33. The van der Waals surface area contributed by atoms with Gasteiger partial charge in [-0.25, -0.2) is 4.68 Å². The first-order valence-electron chi connectivity index (χ1n) is 8.86. The van der Waals surface area contributed by atoms with E-state index in [-0.39, 0.29) is 5.92 Å². The summed E-state index contributed by atoms with van der Waals surface area (Å²) in [6.07, 6.45) is -0.882. The average Bonchev–Trinajstić information content (AvgIpc) is 2.91. The normalized spacial score (nSPS) is 12.9. The molecule has 1 aromatic carbocycles. The van der Waals surface area contributed by atoms with Crippen LogP contribution in [0.4, 0.5) is 23.2 Å². The first-order chi connectivity index (χ1) is 12.7. The van der Waals surface area contributed by atoms with E-state index in [4.69, 9.17) is 0 Å². The lowest BCUT2D eigenvalue weighted by molar-refractivity contribution is -0.141. The Hall–Kier alpha value is -2.38. The average molecular weight is 385 g/mol. The summed E-state index contributed by atoms with van der Waals surface area (Å²) in [5.74, 6) is -2.39. The first-order valence-corrected chi connectivity index (χ1v) is 8.86. The fraction of sp³-hybridized carbons (Fsp3) is 0.474. The zero-order valence-electron chi connectivity index (χ0n) is 15.5. The summed E-state index contributed by atoms with van der Waals surface area (Å²) in [4.78, 5) is 12.4. The van der Waals surface area contributed by atoms with Gasteiger partial charge < -0.3 is 5.32 Å². The predicted octanol–water partition coefficient (Wildman–Crippen LogP) is 5.51. The second-order valence-corrected chi connectivity index (χ2v) is 6.57. The van der Waals surface area contributed by atoms with Crippen LogP contribution in [-0.4, -0.2) is 15.7 Å². The van der Waals surface area contributed by atoms with E-state index in [1.165, 1.54) is 0 Å². The molecule has 0 fully saturated rings. The Kier molecular flexibility index (Phi) is 6.62. The summed E-state index contributed by atoms with van der Waals surface area (Å²) in [6.45, 7) is 4.09. The van der Waals surface area contributed by atoms with Crippen LogP contribution in [0, 0.1) is 5.95 Å². The fourth-order valence-corrected chi connectivity index (χ4v) is 2.98. The molecule has 1 amide bonds. The maximum atomic E-state index is 14.1. The Morgan fingerprint density at radius 3 is 2.56 bits per heavy atom. The molecule has 8 heteroatoms. The quantitative estimate of drug-likeness (QED) is 0.504. The maximum Gasteiger partial charge on any atom is 0.436 e. The summed E-state index contributed by atoms with van der Waals surface area (Å²) in [6, 6.07) is 6.89. The number of nitrogens with zero attached hydrogens (tertiary/aromatic N) is 2. The molecular weight excluding hydrogens is 362 g/mol. The number of hydrogen-bond acceptors (Lipinski definition) is 2. The van der Waals surface area contributed by atoms with Gasteiger partial charge in [-0.05, 0) is 24.0 Å². The van der Waals surface area contributed by atoms with Gasteiger partial charge in [0.05, 0.1) is 0 Å². The van der Waals surface area contributed by atoms with Crippen molar-refractivity contribution in [2.45, 2.75) is 51.6 Å². The van der Waals surface area contributed by atoms with Crippen LogP contribution >= 0.6 is 0 Å². The minimum atomic E-state index is -4.93. The highest BCUT2D eigenvalue weighted by atomic mass is 19.4. The van der Waals surface area contributed by atoms with Crippen molar-refractivity contribution in [2.24, 2.45) is 7.05 Å². The molecule has 0 aliphatic rings. The van der Waals surface area contributed by atoms with Gasteiger partial charge in [-0.1, -0.05) is 51.3 Å². The van der Waals surface area contributed by atoms with Gasteiger partial charge in [0, 0.05) is 12.7 Å². The first kappa shape index (κ1) is 20.9. The van der Waals surface area contributed by atoms with Gasteiger partial charge in [0.2, 0.25) is 5.95 Å². The van der Waals surface area contributed by atoms with Crippen molar-refractivity contribution in [1.82, 2.24) is 9.78 Å². The molecule has 1 aromatic heterocycles. The number of unbranched alkanes of at least 4 members (excludes halogenated alkanes) is 2. The molecule has 148 valence electrons. The van der Waals surface area contributed by atoms with Crippen LogP contribution in [-0.2, 0) is 13.2 Å². The van der Waals surface area contributed by atoms with Crippen LogP contribution in [0.15, 0.2) is 24.3 Å². The number of rotatable bonds is 7. The van der Waals surface area contributed by atoms with Crippen molar-refractivity contribution in [3.05, 3.63) is 47.0 Å². The molecule has 2 rings (SSSR count). The number of para-hydroxylation sites is 1. The zero-order valence-corrected chi connectivity index (χ0v) is 15.5. The van der Waals surface area contributed by atoms with Gasteiger partial charge in [0.25, 0.3) is 5.91 Å². The molecule has 2 aromatic rings. The summed E-state index contributed by atoms with van der Waals surface area (Å²) in [7, 11) is 1.02. The summed E-state index contributed by atoms with van der Waals surface area (Å²) >= 11 is 0. The van der Waals surface area contributed by atoms with Gasteiger partial charge in [0.15, 0.2) is 5.69 Å². The number of nitrogens with one attached hydrogen (secondary N) is 1. The number of carbonyl (C=O) groups excluding carboxylic acids is 1. The van der Waals surface area contributed by atoms with Gasteiger partial charge >= 0.3 is 6.18 Å².